The maximum atomic E-state index is 12.1. The van der Waals surface area contributed by atoms with Gasteiger partial charge in [-0.05, 0) is 12.1 Å². The number of ether oxygens (including phenoxy) is 3. The van der Waals surface area contributed by atoms with Gasteiger partial charge >= 0.3 is 11.9 Å². The lowest BCUT2D eigenvalue weighted by molar-refractivity contribution is -0.286. The molecular weight excluding hydrogens is 324 g/mol. The van der Waals surface area contributed by atoms with E-state index in [0.29, 0.717) is 0 Å². The molecule has 0 bridgehead atoms. The van der Waals surface area contributed by atoms with Crippen molar-refractivity contribution in [3.63, 3.8) is 0 Å². The molecule has 2 rings (SSSR count). The quantitative estimate of drug-likeness (QED) is 0.382. The normalized spacial score (nSPS) is 29.8. The van der Waals surface area contributed by atoms with Crippen molar-refractivity contribution < 1.29 is 44.2 Å². The van der Waals surface area contributed by atoms with E-state index in [4.69, 9.17) is 14.2 Å². The van der Waals surface area contributed by atoms with Crippen molar-refractivity contribution in [2.24, 2.45) is 0 Å². The number of aliphatic hydroxyl groups excluding tert-OH is 4. The number of benzene rings is 1. The van der Waals surface area contributed by atoms with Crippen molar-refractivity contribution in [1.29, 1.82) is 0 Å². The summed E-state index contributed by atoms with van der Waals surface area (Å²) in [7, 11) is 0. The fraction of sp³-hybridized carbons (Fsp3) is 0.467. The van der Waals surface area contributed by atoms with Gasteiger partial charge < -0.3 is 34.6 Å². The third-order valence-corrected chi connectivity index (χ3v) is 3.43. The Morgan fingerprint density at radius 3 is 2.42 bits per heavy atom. The summed E-state index contributed by atoms with van der Waals surface area (Å²) in [5.41, 5.74) is -0.0147. The highest BCUT2D eigenvalue weighted by Gasteiger charge is 2.43. The molecule has 1 fully saturated rings. The Bertz CT molecular complexity index is 602. The molecule has 1 aromatic rings. The van der Waals surface area contributed by atoms with E-state index >= 15 is 0 Å². The minimum Gasteiger partial charge on any atom is -0.459 e. The molecule has 1 aromatic carbocycles. The first-order chi connectivity index (χ1) is 11.3. The molecule has 24 heavy (non-hydrogen) atoms. The monoisotopic (exact) mass is 342 g/mol. The summed E-state index contributed by atoms with van der Waals surface area (Å²) >= 11 is 0. The van der Waals surface area contributed by atoms with Crippen molar-refractivity contribution >= 4 is 11.9 Å². The standard InChI is InChI=1S/C15H18O9/c1-7(16)23-9-5-3-2-4-8(9)14(20)22-6-10-11(17)12(18)13(19)15(21)24-10/h2-5,10-13,15,17-19,21H,6H2,1H3/t10?,11-,12?,13?,15-/m0/s1. The van der Waals surface area contributed by atoms with Gasteiger partial charge in [0, 0.05) is 6.92 Å². The Labute approximate surface area is 137 Å². The van der Waals surface area contributed by atoms with Gasteiger partial charge in [-0.15, -0.1) is 0 Å². The number of hydrogen-bond acceptors (Lipinski definition) is 9. The maximum absolute atomic E-state index is 12.1. The summed E-state index contributed by atoms with van der Waals surface area (Å²) in [4.78, 5) is 23.1. The highest BCUT2D eigenvalue weighted by molar-refractivity contribution is 5.93. The fourth-order valence-electron chi connectivity index (χ4n) is 2.18. The molecule has 1 aliphatic heterocycles. The molecule has 5 atom stereocenters. The Kier molecular flexibility index (Phi) is 5.86. The zero-order valence-electron chi connectivity index (χ0n) is 12.7. The molecule has 9 heteroatoms. The zero-order valence-corrected chi connectivity index (χ0v) is 12.7. The molecule has 4 N–H and O–H groups in total. The average molecular weight is 342 g/mol. The van der Waals surface area contributed by atoms with Gasteiger partial charge in [0.25, 0.3) is 0 Å². The molecule has 0 aliphatic carbocycles. The van der Waals surface area contributed by atoms with E-state index < -0.39 is 49.3 Å². The fourth-order valence-corrected chi connectivity index (χ4v) is 2.18. The second-order valence-corrected chi connectivity index (χ2v) is 5.23. The van der Waals surface area contributed by atoms with Crippen LogP contribution < -0.4 is 4.74 Å². The molecule has 1 heterocycles. The number of para-hydroxylation sites is 1. The van der Waals surface area contributed by atoms with E-state index in [1.807, 2.05) is 0 Å². The largest absolute Gasteiger partial charge is 0.459 e. The summed E-state index contributed by atoms with van der Waals surface area (Å²) in [5, 5.41) is 38.1. The lowest BCUT2D eigenvalue weighted by Gasteiger charge is -2.37. The molecular formula is C15H18O9. The molecule has 1 saturated heterocycles. The van der Waals surface area contributed by atoms with Gasteiger partial charge in [0.2, 0.25) is 0 Å². The highest BCUT2D eigenvalue weighted by atomic mass is 16.6. The Morgan fingerprint density at radius 1 is 1.08 bits per heavy atom. The van der Waals surface area contributed by atoms with Gasteiger partial charge in [-0.3, -0.25) is 4.79 Å². The number of rotatable bonds is 4. The minimum atomic E-state index is -1.72. The van der Waals surface area contributed by atoms with Crippen molar-refractivity contribution in [3.8, 4) is 5.75 Å². The SMILES string of the molecule is CC(=O)Oc1ccccc1C(=O)OCC1O[C@H](O)C(O)C(O)[C@H]1O. The summed E-state index contributed by atoms with van der Waals surface area (Å²) in [5.74, 6) is -1.45. The lowest BCUT2D eigenvalue weighted by atomic mass is 9.99. The van der Waals surface area contributed by atoms with Crippen LogP contribution in [-0.4, -0.2) is 69.7 Å². The Balaban J connectivity index is 2.02. The van der Waals surface area contributed by atoms with Crippen molar-refractivity contribution in [2.45, 2.75) is 37.6 Å². The van der Waals surface area contributed by atoms with Crippen LogP contribution in [0.5, 0.6) is 5.75 Å². The molecule has 0 saturated carbocycles. The maximum Gasteiger partial charge on any atom is 0.342 e. The molecule has 0 spiro atoms. The van der Waals surface area contributed by atoms with Crippen LogP contribution in [0, 0.1) is 0 Å². The second-order valence-electron chi connectivity index (χ2n) is 5.23. The van der Waals surface area contributed by atoms with Gasteiger partial charge in [0.15, 0.2) is 6.29 Å². The molecule has 1 aliphatic rings. The summed E-state index contributed by atoms with van der Waals surface area (Å²) in [6.07, 6.45) is -7.83. The first kappa shape index (κ1) is 18.3. The van der Waals surface area contributed by atoms with Crippen LogP contribution in [0.2, 0.25) is 0 Å². The van der Waals surface area contributed by atoms with E-state index in [9.17, 15) is 30.0 Å². The van der Waals surface area contributed by atoms with Crippen molar-refractivity contribution in [3.05, 3.63) is 29.8 Å². The Morgan fingerprint density at radius 2 is 1.75 bits per heavy atom. The van der Waals surface area contributed by atoms with Crippen LogP contribution in [0.25, 0.3) is 0 Å². The summed E-state index contributed by atoms with van der Waals surface area (Å²) in [6, 6.07) is 5.90. The van der Waals surface area contributed by atoms with Crippen LogP contribution >= 0.6 is 0 Å². The molecule has 3 unspecified atom stereocenters. The van der Waals surface area contributed by atoms with E-state index in [-0.39, 0.29) is 11.3 Å². The van der Waals surface area contributed by atoms with Gasteiger partial charge in [-0.2, -0.15) is 0 Å². The van der Waals surface area contributed by atoms with E-state index in [2.05, 4.69) is 0 Å². The van der Waals surface area contributed by atoms with Crippen molar-refractivity contribution in [2.75, 3.05) is 6.61 Å². The topological polar surface area (TPSA) is 143 Å². The van der Waals surface area contributed by atoms with E-state index in [1.54, 1.807) is 12.1 Å². The second kappa shape index (κ2) is 7.69. The van der Waals surface area contributed by atoms with Crippen LogP contribution in [0.1, 0.15) is 17.3 Å². The average Bonchev–Trinajstić information content (AvgIpc) is 2.54. The molecule has 132 valence electrons. The summed E-state index contributed by atoms with van der Waals surface area (Å²) < 4.78 is 14.8. The van der Waals surface area contributed by atoms with Crippen LogP contribution in [0.3, 0.4) is 0 Å². The number of aliphatic hydroxyl groups is 4. The van der Waals surface area contributed by atoms with Gasteiger partial charge in [-0.25, -0.2) is 4.79 Å². The molecule has 9 nitrogen and oxygen atoms in total. The van der Waals surface area contributed by atoms with Crippen LogP contribution in [0.15, 0.2) is 24.3 Å². The predicted molar refractivity (Wildman–Crippen MR) is 76.9 cm³/mol. The van der Waals surface area contributed by atoms with E-state index in [0.717, 1.165) is 0 Å². The van der Waals surface area contributed by atoms with Gasteiger partial charge in [0.05, 0.1) is 0 Å². The first-order valence-corrected chi connectivity index (χ1v) is 7.13. The molecule has 0 aromatic heterocycles. The predicted octanol–water partition coefficient (Wildman–Crippen LogP) is -1.43. The van der Waals surface area contributed by atoms with Crippen molar-refractivity contribution in [1.82, 2.24) is 0 Å². The number of esters is 2. The minimum absolute atomic E-state index is 0.00982. The van der Waals surface area contributed by atoms with Crippen LogP contribution in [0.4, 0.5) is 0 Å². The number of hydrogen-bond donors (Lipinski definition) is 4. The lowest BCUT2D eigenvalue weighted by Crippen LogP contribution is -2.58. The third-order valence-electron chi connectivity index (χ3n) is 3.43. The van der Waals surface area contributed by atoms with Gasteiger partial charge in [-0.1, -0.05) is 12.1 Å². The summed E-state index contributed by atoms with van der Waals surface area (Å²) in [6.45, 7) is 0.692. The first-order valence-electron chi connectivity index (χ1n) is 7.13. The third kappa shape index (κ3) is 4.08. The number of carbonyl (C=O) groups is 2. The van der Waals surface area contributed by atoms with Crippen LogP contribution in [-0.2, 0) is 14.3 Å². The number of carbonyl (C=O) groups excluding carboxylic acids is 2. The van der Waals surface area contributed by atoms with E-state index in [1.165, 1.54) is 19.1 Å². The smallest absolute Gasteiger partial charge is 0.342 e. The highest BCUT2D eigenvalue weighted by Crippen LogP contribution is 2.22. The molecule has 0 amide bonds. The Hall–Kier alpha value is -2.04. The zero-order chi connectivity index (χ0) is 17.9. The molecule has 0 radical (unpaired) electrons. The van der Waals surface area contributed by atoms with Gasteiger partial charge in [0.1, 0.15) is 42.3 Å².